The van der Waals surface area contributed by atoms with Gasteiger partial charge in [0, 0.05) is 22.6 Å². The average molecular weight is 356 g/mol. The number of para-hydroxylation sites is 1. The Labute approximate surface area is 130 Å². The maximum Gasteiger partial charge on any atom is 0.275 e. The molecular weight excluding hydrogens is 344 g/mol. The highest BCUT2D eigenvalue weighted by Crippen LogP contribution is 2.28. The quantitative estimate of drug-likeness (QED) is 0.625. The smallest absolute Gasteiger partial charge is 0.275 e. The third-order valence-corrected chi connectivity index (χ3v) is 3.73. The number of nitrogens with one attached hydrogen (secondary N) is 1. The zero-order chi connectivity index (χ0) is 14.7. The first-order valence-electron chi connectivity index (χ1n) is 5.91. The van der Waals surface area contributed by atoms with E-state index in [2.05, 4.69) is 21.2 Å². The van der Waals surface area contributed by atoms with Crippen LogP contribution in [0.2, 0.25) is 5.02 Å². The van der Waals surface area contributed by atoms with Crippen molar-refractivity contribution in [3.63, 3.8) is 0 Å². The summed E-state index contributed by atoms with van der Waals surface area (Å²) in [5, 5.41) is 14.8. The topological polar surface area (TPSA) is 55.2 Å². The summed E-state index contributed by atoms with van der Waals surface area (Å²) in [6.07, 6.45) is 0. The third kappa shape index (κ3) is 3.29. The lowest BCUT2D eigenvalue weighted by Crippen LogP contribution is -2.04. The maximum atomic E-state index is 11.1. The summed E-state index contributed by atoms with van der Waals surface area (Å²) in [6, 6.07) is 10.6. The molecule has 0 radical (unpaired) electrons. The zero-order valence-electron chi connectivity index (χ0n) is 10.7. The van der Waals surface area contributed by atoms with Crippen LogP contribution in [0.25, 0.3) is 0 Å². The second-order valence-electron chi connectivity index (χ2n) is 4.32. The Hall–Kier alpha value is -1.59. The summed E-state index contributed by atoms with van der Waals surface area (Å²) in [6.45, 7) is 2.28. The van der Waals surface area contributed by atoms with Gasteiger partial charge in [-0.1, -0.05) is 39.7 Å². The normalized spacial score (nSPS) is 10.3. The van der Waals surface area contributed by atoms with E-state index in [1.165, 1.54) is 6.07 Å². The molecule has 0 spiro atoms. The minimum atomic E-state index is -0.388. The van der Waals surface area contributed by atoms with Crippen LogP contribution in [0.5, 0.6) is 0 Å². The van der Waals surface area contributed by atoms with Crippen LogP contribution >= 0.6 is 27.5 Å². The van der Waals surface area contributed by atoms with Crippen LogP contribution in [0, 0.1) is 17.0 Å². The summed E-state index contributed by atoms with van der Waals surface area (Å²) in [7, 11) is 0. The van der Waals surface area contributed by atoms with Crippen molar-refractivity contribution in [1.82, 2.24) is 0 Å². The molecule has 104 valence electrons. The Balaban J connectivity index is 2.25. The van der Waals surface area contributed by atoms with E-state index in [0.717, 1.165) is 11.3 Å². The molecule has 20 heavy (non-hydrogen) atoms. The largest absolute Gasteiger partial charge is 0.379 e. The van der Waals surface area contributed by atoms with Crippen LogP contribution in [0.15, 0.2) is 40.9 Å². The van der Waals surface area contributed by atoms with Crippen LogP contribution in [0.1, 0.15) is 11.1 Å². The average Bonchev–Trinajstić information content (AvgIpc) is 2.39. The van der Waals surface area contributed by atoms with Gasteiger partial charge in [-0.3, -0.25) is 10.1 Å². The first kappa shape index (κ1) is 14.8. The number of aryl methyl sites for hydroxylation is 1. The molecule has 0 unspecified atom stereocenters. The van der Waals surface area contributed by atoms with Crippen molar-refractivity contribution in [2.45, 2.75) is 13.5 Å². The number of hydrogen-bond donors (Lipinski definition) is 1. The van der Waals surface area contributed by atoms with Crippen molar-refractivity contribution in [2.24, 2.45) is 0 Å². The molecule has 0 bridgehead atoms. The third-order valence-electron chi connectivity index (χ3n) is 2.92. The molecule has 0 saturated carbocycles. The molecule has 2 rings (SSSR count). The molecule has 0 saturated heterocycles. The van der Waals surface area contributed by atoms with Gasteiger partial charge in [-0.05, 0) is 30.7 Å². The summed E-state index contributed by atoms with van der Waals surface area (Å²) in [4.78, 5) is 10.7. The number of benzene rings is 2. The van der Waals surface area contributed by atoms with Gasteiger partial charge in [-0.2, -0.15) is 0 Å². The predicted molar refractivity (Wildman–Crippen MR) is 84.3 cm³/mol. The number of halogens is 2. The van der Waals surface area contributed by atoms with Crippen molar-refractivity contribution in [1.29, 1.82) is 0 Å². The Morgan fingerprint density at radius 2 is 2.10 bits per heavy atom. The molecule has 1 N–H and O–H groups in total. The van der Waals surface area contributed by atoms with E-state index >= 15 is 0 Å². The van der Waals surface area contributed by atoms with Gasteiger partial charge in [0.05, 0.1) is 15.6 Å². The van der Waals surface area contributed by atoms with Crippen molar-refractivity contribution in [3.05, 3.63) is 67.1 Å². The van der Waals surface area contributed by atoms with Gasteiger partial charge in [-0.25, -0.2) is 0 Å². The summed E-state index contributed by atoms with van der Waals surface area (Å²) >= 11 is 9.36. The number of nitrogens with zero attached hydrogens (tertiary/aromatic N) is 1. The Bertz CT molecular complexity index is 641. The molecule has 6 heteroatoms. The van der Waals surface area contributed by atoms with E-state index in [9.17, 15) is 10.1 Å². The Morgan fingerprint density at radius 1 is 1.35 bits per heavy atom. The van der Waals surface area contributed by atoms with Crippen LogP contribution < -0.4 is 5.32 Å². The first-order chi connectivity index (χ1) is 9.49. The van der Waals surface area contributed by atoms with Crippen molar-refractivity contribution in [2.75, 3.05) is 5.32 Å². The molecule has 0 aliphatic carbocycles. The fourth-order valence-corrected chi connectivity index (χ4v) is 2.53. The fourth-order valence-electron chi connectivity index (χ4n) is 1.90. The van der Waals surface area contributed by atoms with Crippen molar-refractivity contribution < 1.29 is 4.92 Å². The lowest BCUT2D eigenvalue weighted by atomic mass is 10.1. The predicted octanol–water partition coefficient (Wildman–Crippen LogP) is 4.93. The van der Waals surface area contributed by atoms with E-state index in [1.54, 1.807) is 18.2 Å². The number of nitro benzene ring substituents is 1. The van der Waals surface area contributed by atoms with Gasteiger partial charge in [0.1, 0.15) is 0 Å². The minimum Gasteiger partial charge on any atom is -0.379 e. The monoisotopic (exact) mass is 354 g/mol. The van der Waals surface area contributed by atoms with Crippen LogP contribution in [-0.4, -0.2) is 4.92 Å². The summed E-state index contributed by atoms with van der Waals surface area (Å²) < 4.78 is 0.682. The highest BCUT2D eigenvalue weighted by Gasteiger charge is 2.14. The number of nitro groups is 1. The van der Waals surface area contributed by atoms with E-state index in [0.29, 0.717) is 21.6 Å². The van der Waals surface area contributed by atoms with Gasteiger partial charge in [0.15, 0.2) is 0 Å². The van der Waals surface area contributed by atoms with E-state index < -0.39 is 0 Å². The molecule has 0 aromatic heterocycles. The molecular formula is C14H12BrClN2O2. The molecule has 0 fully saturated rings. The highest BCUT2D eigenvalue weighted by molar-refractivity contribution is 9.10. The molecule has 4 nitrogen and oxygen atoms in total. The van der Waals surface area contributed by atoms with E-state index in [4.69, 9.17) is 11.6 Å². The molecule has 0 aliphatic rings. The van der Waals surface area contributed by atoms with Gasteiger partial charge in [-0.15, -0.1) is 0 Å². The van der Waals surface area contributed by atoms with E-state index in [-0.39, 0.29) is 10.6 Å². The van der Waals surface area contributed by atoms with Gasteiger partial charge >= 0.3 is 0 Å². The molecule has 0 heterocycles. The SMILES string of the molecule is Cc1cccc(Cl)c1NCc1ccc(Br)cc1[N+](=O)[O-]. The van der Waals surface area contributed by atoms with Gasteiger partial charge in [0.25, 0.3) is 5.69 Å². The van der Waals surface area contributed by atoms with Crippen LogP contribution in [0.3, 0.4) is 0 Å². The molecule has 2 aromatic rings. The van der Waals surface area contributed by atoms with Gasteiger partial charge < -0.3 is 5.32 Å². The molecule has 2 aromatic carbocycles. The maximum absolute atomic E-state index is 11.1. The number of hydrogen-bond acceptors (Lipinski definition) is 3. The highest BCUT2D eigenvalue weighted by atomic mass is 79.9. The van der Waals surface area contributed by atoms with Crippen molar-refractivity contribution in [3.8, 4) is 0 Å². The molecule has 0 amide bonds. The Kier molecular flexibility index (Phi) is 4.62. The van der Waals surface area contributed by atoms with Crippen LogP contribution in [0.4, 0.5) is 11.4 Å². The second kappa shape index (κ2) is 6.24. The number of rotatable bonds is 4. The second-order valence-corrected chi connectivity index (χ2v) is 5.64. The van der Waals surface area contributed by atoms with Crippen LogP contribution in [-0.2, 0) is 6.54 Å². The molecule has 0 atom stereocenters. The van der Waals surface area contributed by atoms with E-state index in [1.807, 2.05) is 19.1 Å². The van der Waals surface area contributed by atoms with Gasteiger partial charge in [0.2, 0.25) is 0 Å². The lowest BCUT2D eigenvalue weighted by Gasteiger charge is -2.11. The minimum absolute atomic E-state index is 0.0802. The fraction of sp³-hybridized carbons (Fsp3) is 0.143. The first-order valence-corrected chi connectivity index (χ1v) is 7.08. The Morgan fingerprint density at radius 3 is 2.75 bits per heavy atom. The lowest BCUT2D eigenvalue weighted by molar-refractivity contribution is -0.385. The van der Waals surface area contributed by atoms with Crippen molar-refractivity contribution >= 4 is 38.9 Å². The standard InChI is InChI=1S/C14H12BrClN2O2/c1-9-3-2-4-12(16)14(9)17-8-10-5-6-11(15)7-13(10)18(19)20/h2-7,17H,8H2,1H3. The summed E-state index contributed by atoms with van der Waals surface area (Å²) in [5.74, 6) is 0. The summed E-state index contributed by atoms with van der Waals surface area (Å²) in [5.41, 5.74) is 2.48. The zero-order valence-corrected chi connectivity index (χ0v) is 13.0. The number of anilines is 1. The molecule has 0 aliphatic heterocycles.